The van der Waals surface area contributed by atoms with Crippen molar-refractivity contribution >= 4 is 5.97 Å². The Labute approximate surface area is 107 Å². The second-order valence-corrected chi connectivity index (χ2v) is 4.40. The topological polar surface area (TPSA) is 38.8 Å². The van der Waals surface area contributed by atoms with Gasteiger partial charge in [-0.25, -0.2) is 0 Å². The lowest BCUT2D eigenvalue weighted by Gasteiger charge is -2.21. The maximum Gasteiger partial charge on any atom is 0.320 e. The first-order chi connectivity index (χ1) is 8.79. The maximum atomic E-state index is 11.5. The number of benzene rings is 1. The third-order valence-corrected chi connectivity index (χ3v) is 3.04. The molecule has 0 aromatic heterocycles. The van der Waals surface area contributed by atoms with Gasteiger partial charge in [0.25, 0.3) is 0 Å². The van der Waals surface area contributed by atoms with E-state index in [-0.39, 0.29) is 12.0 Å². The smallest absolute Gasteiger partial charge is 0.320 e. The third-order valence-electron chi connectivity index (χ3n) is 3.04. The summed E-state index contributed by atoms with van der Waals surface area (Å²) in [6.45, 7) is 3.74. The zero-order chi connectivity index (χ0) is 12.8. The van der Waals surface area contributed by atoms with Gasteiger partial charge in [0.2, 0.25) is 0 Å². The summed E-state index contributed by atoms with van der Waals surface area (Å²) >= 11 is 0. The summed E-state index contributed by atoms with van der Waals surface area (Å²) in [6.07, 6.45) is 0.903. The minimum absolute atomic E-state index is 0.180. The van der Waals surface area contributed by atoms with Crippen LogP contribution in [0, 0.1) is 0 Å². The van der Waals surface area contributed by atoms with Gasteiger partial charge in [-0.15, -0.1) is 0 Å². The minimum Gasteiger partial charge on any atom is -0.465 e. The SMILES string of the molecule is CCOC(=O)CN1COC[C@H]1Cc1ccccc1. The molecule has 1 heterocycles. The highest BCUT2D eigenvalue weighted by Crippen LogP contribution is 2.14. The van der Waals surface area contributed by atoms with Gasteiger partial charge in [0.05, 0.1) is 26.5 Å². The van der Waals surface area contributed by atoms with E-state index in [9.17, 15) is 4.79 Å². The second-order valence-electron chi connectivity index (χ2n) is 4.40. The Morgan fingerprint density at radius 1 is 1.44 bits per heavy atom. The molecule has 0 aliphatic carbocycles. The molecule has 0 N–H and O–H groups in total. The molecule has 1 fully saturated rings. The van der Waals surface area contributed by atoms with Gasteiger partial charge in [0.15, 0.2) is 0 Å². The number of ether oxygens (including phenoxy) is 2. The number of esters is 1. The van der Waals surface area contributed by atoms with Crippen LogP contribution in [0.4, 0.5) is 0 Å². The molecular weight excluding hydrogens is 230 g/mol. The Morgan fingerprint density at radius 3 is 2.94 bits per heavy atom. The predicted molar refractivity (Wildman–Crippen MR) is 68.1 cm³/mol. The third kappa shape index (κ3) is 3.55. The lowest BCUT2D eigenvalue weighted by molar-refractivity contribution is -0.145. The molecule has 98 valence electrons. The van der Waals surface area contributed by atoms with Crippen molar-refractivity contribution in [3.8, 4) is 0 Å². The summed E-state index contributed by atoms with van der Waals surface area (Å²) in [5.41, 5.74) is 1.27. The summed E-state index contributed by atoms with van der Waals surface area (Å²) in [4.78, 5) is 13.5. The van der Waals surface area contributed by atoms with E-state index in [4.69, 9.17) is 9.47 Å². The first-order valence-corrected chi connectivity index (χ1v) is 6.31. The van der Waals surface area contributed by atoms with E-state index in [0.717, 1.165) is 6.42 Å². The first-order valence-electron chi connectivity index (χ1n) is 6.31. The molecule has 1 saturated heterocycles. The molecule has 1 aromatic rings. The zero-order valence-corrected chi connectivity index (χ0v) is 10.7. The van der Waals surface area contributed by atoms with E-state index in [1.807, 2.05) is 30.0 Å². The highest BCUT2D eigenvalue weighted by molar-refractivity contribution is 5.71. The molecule has 1 aliphatic heterocycles. The van der Waals surface area contributed by atoms with E-state index < -0.39 is 0 Å². The van der Waals surface area contributed by atoms with Crippen LogP contribution in [-0.4, -0.2) is 43.4 Å². The van der Waals surface area contributed by atoms with Crippen molar-refractivity contribution in [2.24, 2.45) is 0 Å². The van der Waals surface area contributed by atoms with Crippen molar-refractivity contribution in [2.45, 2.75) is 19.4 Å². The summed E-state index contributed by atoms with van der Waals surface area (Å²) in [7, 11) is 0. The molecule has 0 amide bonds. The molecule has 1 atom stereocenters. The number of carbonyl (C=O) groups excluding carboxylic acids is 1. The molecule has 0 radical (unpaired) electrons. The lowest BCUT2D eigenvalue weighted by Crippen LogP contribution is -2.37. The monoisotopic (exact) mass is 249 g/mol. The van der Waals surface area contributed by atoms with Gasteiger partial charge < -0.3 is 9.47 Å². The predicted octanol–water partition coefficient (Wildman–Crippen LogP) is 1.45. The Morgan fingerprint density at radius 2 is 2.22 bits per heavy atom. The molecule has 0 bridgehead atoms. The van der Waals surface area contributed by atoms with Gasteiger partial charge >= 0.3 is 5.97 Å². The number of hydrogen-bond acceptors (Lipinski definition) is 4. The van der Waals surface area contributed by atoms with E-state index >= 15 is 0 Å². The van der Waals surface area contributed by atoms with Crippen LogP contribution >= 0.6 is 0 Å². The molecule has 0 unspecified atom stereocenters. The van der Waals surface area contributed by atoms with Crippen molar-refractivity contribution in [1.82, 2.24) is 4.90 Å². The van der Waals surface area contributed by atoms with Crippen LogP contribution in [0.3, 0.4) is 0 Å². The molecule has 4 nitrogen and oxygen atoms in total. The minimum atomic E-state index is -0.180. The number of rotatable bonds is 5. The van der Waals surface area contributed by atoms with Gasteiger partial charge in [-0.2, -0.15) is 0 Å². The standard InChI is InChI=1S/C14H19NO3/c1-2-18-14(16)9-15-11-17-10-13(15)8-12-6-4-3-5-7-12/h3-7,13H,2,8-11H2,1H3/t13-/m1/s1. The summed E-state index contributed by atoms with van der Waals surface area (Å²) < 4.78 is 10.4. The normalized spacial score (nSPS) is 19.9. The number of carbonyl (C=O) groups is 1. The lowest BCUT2D eigenvalue weighted by atomic mass is 10.1. The van der Waals surface area contributed by atoms with Crippen LogP contribution in [0.2, 0.25) is 0 Å². The van der Waals surface area contributed by atoms with Crippen LogP contribution in [0.15, 0.2) is 30.3 Å². The van der Waals surface area contributed by atoms with E-state index in [1.165, 1.54) is 5.56 Å². The molecule has 18 heavy (non-hydrogen) atoms. The van der Waals surface area contributed by atoms with E-state index in [0.29, 0.717) is 26.5 Å². The highest BCUT2D eigenvalue weighted by atomic mass is 16.5. The second kappa shape index (κ2) is 6.52. The fourth-order valence-corrected chi connectivity index (χ4v) is 2.14. The van der Waals surface area contributed by atoms with Gasteiger partial charge in [0, 0.05) is 6.04 Å². The molecule has 1 aromatic carbocycles. The Hall–Kier alpha value is -1.39. The largest absolute Gasteiger partial charge is 0.465 e. The van der Waals surface area contributed by atoms with E-state index in [1.54, 1.807) is 0 Å². The van der Waals surface area contributed by atoms with Gasteiger partial charge in [-0.1, -0.05) is 30.3 Å². The first kappa shape index (κ1) is 13.1. The van der Waals surface area contributed by atoms with Crippen LogP contribution in [0.25, 0.3) is 0 Å². The molecule has 2 rings (SSSR count). The number of hydrogen-bond donors (Lipinski definition) is 0. The maximum absolute atomic E-state index is 11.5. The molecular formula is C14H19NO3. The fraction of sp³-hybridized carbons (Fsp3) is 0.500. The molecule has 0 saturated carbocycles. The Bertz CT molecular complexity index is 380. The average Bonchev–Trinajstić information content (AvgIpc) is 2.78. The Balaban J connectivity index is 1.89. The van der Waals surface area contributed by atoms with Crippen molar-refractivity contribution in [2.75, 3.05) is 26.5 Å². The van der Waals surface area contributed by atoms with Crippen molar-refractivity contribution in [1.29, 1.82) is 0 Å². The number of nitrogens with zero attached hydrogens (tertiary/aromatic N) is 1. The summed E-state index contributed by atoms with van der Waals surface area (Å²) in [5.74, 6) is -0.180. The summed E-state index contributed by atoms with van der Waals surface area (Å²) in [5, 5.41) is 0. The molecule has 4 heteroatoms. The van der Waals surface area contributed by atoms with Gasteiger partial charge in [0.1, 0.15) is 0 Å². The van der Waals surface area contributed by atoms with Gasteiger partial charge in [-0.05, 0) is 18.9 Å². The molecule has 0 spiro atoms. The van der Waals surface area contributed by atoms with Crippen molar-refractivity contribution in [3.63, 3.8) is 0 Å². The average molecular weight is 249 g/mol. The van der Waals surface area contributed by atoms with Crippen LogP contribution in [-0.2, 0) is 20.7 Å². The Kier molecular flexibility index (Phi) is 4.73. The van der Waals surface area contributed by atoms with Crippen molar-refractivity contribution < 1.29 is 14.3 Å². The zero-order valence-electron chi connectivity index (χ0n) is 10.7. The highest BCUT2D eigenvalue weighted by Gasteiger charge is 2.27. The van der Waals surface area contributed by atoms with Crippen LogP contribution < -0.4 is 0 Å². The van der Waals surface area contributed by atoms with Gasteiger partial charge in [-0.3, -0.25) is 9.69 Å². The van der Waals surface area contributed by atoms with E-state index in [2.05, 4.69) is 12.1 Å². The van der Waals surface area contributed by atoms with Crippen LogP contribution in [0.1, 0.15) is 12.5 Å². The molecule has 1 aliphatic rings. The quantitative estimate of drug-likeness (QED) is 0.740. The van der Waals surface area contributed by atoms with Crippen LogP contribution in [0.5, 0.6) is 0 Å². The van der Waals surface area contributed by atoms with Crippen molar-refractivity contribution in [3.05, 3.63) is 35.9 Å². The fourth-order valence-electron chi connectivity index (χ4n) is 2.14. The summed E-state index contributed by atoms with van der Waals surface area (Å²) in [6, 6.07) is 10.5.